The van der Waals surface area contributed by atoms with Crippen molar-refractivity contribution in [1.82, 2.24) is 0 Å². The molecule has 0 aromatic carbocycles. The van der Waals surface area contributed by atoms with E-state index in [9.17, 15) is 0 Å². The molecule has 0 N–H and O–H groups in total. The third-order valence-corrected chi connectivity index (χ3v) is 3.77. The van der Waals surface area contributed by atoms with Gasteiger partial charge in [0.15, 0.2) is 0 Å². The van der Waals surface area contributed by atoms with Gasteiger partial charge in [0, 0.05) is 5.33 Å². The van der Waals surface area contributed by atoms with Crippen molar-refractivity contribution in [3.05, 3.63) is 36.5 Å². The molecule has 0 radical (unpaired) electrons. The second-order valence-corrected chi connectivity index (χ2v) is 4.34. The Labute approximate surface area is 103 Å². The summed E-state index contributed by atoms with van der Waals surface area (Å²) in [5, 5.41) is 1.13. The fourth-order valence-electron chi connectivity index (χ4n) is 1.39. The van der Waals surface area contributed by atoms with Crippen molar-refractivity contribution in [3.8, 4) is 0 Å². The molecule has 86 valence electrons. The summed E-state index contributed by atoms with van der Waals surface area (Å²) >= 11 is 3.58. The largest absolute Gasteiger partial charge is 0.0988 e. The van der Waals surface area contributed by atoms with Crippen LogP contribution in [0.1, 0.15) is 40.0 Å². The second kappa shape index (κ2) is 7.92. The normalized spacial score (nSPS) is 18.3. The molecule has 1 aliphatic rings. The monoisotopic (exact) mass is 270 g/mol. The quantitative estimate of drug-likeness (QED) is 0.472. The maximum Gasteiger partial charge on any atom is 0.00911 e. The van der Waals surface area contributed by atoms with E-state index in [1.807, 2.05) is 26.8 Å². The number of hydrogen-bond acceptors (Lipinski definition) is 0. The van der Waals surface area contributed by atoms with Crippen LogP contribution in [-0.4, -0.2) is 5.33 Å². The Bertz CT molecular complexity index is 232. The van der Waals surface area contributed by atoms with E-state index < -0.39 is 0 Å². The molecular weight excluding hydrogens is 248 g/mol. The fraction of sp³-hybridized carbons (Fsp3) is 0.571. The molecule has 1 fully saturated rings. The summed E-state index contributed by atoms with van der Waals surface area (Å²) in [6.45, 7) is 9.88. The molecule has 0 bridgehead atoms. The van der Waals surface area contributed by atoms with E-state index in [1.165, 1.54) is 24.8 Å². The minimum Gasteiger partial charge on any atom is -0.0988 e. The zero-order valence-electron chi connectivity index (χ0n) is 10.2. The predicted molar refractivity (Wildman–Crippen MR) is 74.5 cm³/mol. The SMILES string of the molecule is C=C/C(=C\C=C/C)CC1(CBr)CC1.CC. The fourth-order valence-corrected chi connectivity index (χ4v) is 2.15. The van der Waals surface area contributed by atoms with E-state index in [-0.39, 0.29) is 0 Å². The highest BCUT2D eigenvalue weighted by Crippen LogP contribution is 2.51. The summed E-state index contributed by atoms with van der Waals surface area (Å²) < 4.78 is 0. The van der Waals surface area contributed by atoms with Crippen LogP contribution in [0.15, 0.2) is 36.5 Å². The first kappa shape index (κ1) is 14.7. The molecule has 0 heterocycles. The molecule has 0 aromatic heterocycles. The van der Waals surface area contributed by atoms with E-state index in [0.29, 0.717) is 5.41 Å². The van der Waals surface area contributed by atoms with E-state index in [2.05, 4.69) is 40.7 Å². The van der Waals surface area contributed by atoms with Crippen LogP contribution < -0.4 is 0 Å². The van der Waals surface area contributed by atoms with Gasteiger partial charge in [0.25, 0.3) is 0 Å². The number of alkyl halides is 1. The van der Waals surface area contributed by atoms with Crippen molar-refractivity contribution >= 4 is 15.9 Å². The average molecular weight is 271 g/mol. The molecule has 0 amide bonds. The van der Waals surface area contributed by atoms with Crippen LogP contribution in [0.4, 0.5) is 0 Å². The second-order valence-electron chi connectivity index (χ2n) is 3.78. The highest BCUT2D eigenvalue weighted by atomic mass is 79.9. The molecule has 1 saturated carbocycles. The van der Waals surface area contributed by atoms with Crippen LogP contribution in [0.3, 0.4) is 0 Å². The van der Waals surface area contributed by atoms with Crippen LogP contribution >= 0.6 is 15.9 Å². The van der Waals surface area contributed by atoms with Gasteiger partial charge in [-0.25, -0.2) is 0 Å². The van der Waals surface area contributed by atoms with Crippen LogP contribution in [0.5, 0.6) is 0 Å². The lowest BCUT2D eigenvalue weighted by Crippen LogP contribution is -2.02. The number of rotatable bonds is 5. The summed E-state index contributed by atoms with van der Waals surface area (Å²) in [7, 11) is 0. The van der Waals surface area contributed by atoms with Crippen molar-refractivity contribution in [3.63, 3.8) is 0 Å². The summed E-state index contributed by atoms with van der Waals surface area (Å²) in [6.07, 6.45) is 12.2. The zero-order valence-corrected chi connectivity index (χ0v) is 11.8. The Balaban J connectivity index is 0.000000921. The van der Waals surface area contributed by atoms with Gasteiger partial charge in [0.1, 0.15) is 0 Å². The zero-order chi connectivity index (χ0) is 11.7. The lowest BCUT2D eigenvalue weighted by Gasteiger charge is -2.10. The van der Waals surface area contributed by atoms with Crippen LogP contribution in [-0.2, 0) is 0 Å². The predicted octanol–water partition coefficient (Wildman–Crippen LogP) is 5.27. The molecule has 0 saturated heterocycles. The summed E-state index contributed by atoms with van der Waals surface area (Å²) in [4.78, 5) is 0. The van der Waals surface area contributed by atoms with Gasteiger partial charge in [0.2, 0.25) is 0 Å². The molecule has 0 unspecified atom stereocenters. The van der Waals surface area contributed by atoms with Crippen LogP contribution in [0.2, 0.25) is 0 Å². The third kappa shape index (κ3) is 5.36. The minimum atomic E-state index is 0.557. The minimum absolute atomic E-state index is 0.557. The Morgan fingerprint density at radius 2 is 2.00 bits per heavy atom. The Kier molecular flexibility index (Phi) is 7.76. The first-order valence-electron chi connectivity index (χ1n) is 5.76. The summed E-state index contributed by atoms with van der Waals surface area (Å²) in [5.41, 5.74) is 1.91. The lowest BCUT2D eigenvalue weighted by atomic mass is 9.98. The van der Waals surface area contributed by atoms with E-state index in [1.54, 1.807) is 0 Å². The van der Waals surface area contributed by atoms with Gasteiger partial charge >= 0.3 is 0 Å². The molecule has 0 atom stereocenters. The molecule has 0 spiro atoms. The summed E-state index contributed by atoms with van der Waals surface area (Å²) in [5.74, 6) is 0. The molecule has 0 aromatic rings. The number of allylic oxidation sites excluding steroid dienone is 5. The van der Waals surface area contributed by atoms with E-state index in [4.69, 9.17) is 0 Å². The first-order valence-corrected chi connectivity index (χ1v) is 6.89. The van der Waals surface area contributed by atoms with Gasteiger partial charge in [-0.3, -0.25) is 0 Å². The molecule has 1 aliphatic carbocycles. The van der Waals surface area contributed by atoms with Gasteiger partial charge in [-0.2, -0.15) is 0 Å². The lowest BCUT2D eigenvalue weighted by molar-refractivity contribution is 0.589. The number of halogens is 1. The van der Waals surface area contributed by atoms with E-state index >= 15 is 0 Å². The molecule has 15 heavy (non-hydrogen) atoms. The molecule has 1 rings (SSSR count). The maximum atomic E-state index is 3.84. The molecule has 0 aliphatic heterocycles. The van der Waals surface area contributed by atoms with Crippen molar-refractivity contribution in [2.45, 2.75) is 40.0 Å². The van der Waals surface area contributed by atoms with Crippen LogP contribution in [0, 0.1) is 5.41 Å². The van der Waals surface area contributed by atoms with Gasteiger partial charge in [-0.05, 0) is 37.2 Å². The van der Waals surface area contributed by atoms with Crippen LogP contribution in [0.25, 0.3) is 0 Å². The van der Waals surface area contributed by atoms with Gasteiger partial charge in [-0.15, -0.1) is 0 Å². The van der Waals surface area contributed by atoms with Gasteiger partial charge in [0.05, 0.1) is 0 Å². The molecule has 0 nitrogen and oxygen atoms in total. The highest BCUT2D eigenvalue weighted by Gasteiger charge is 2.41. The van der Waals surface area contributed by atoms with Gasteiger partial charge in [-0.1, -0.05) is 60.7 Å². The topological polar surface area (TPSA) is 0 Å². The maximum absolute atomic E-state index is 3.84. The Morgan fingerprint density at radius 3 is 2.33 bits per heavy atom. The van der Waals surface area contributed by atoms with E-state index in [0.717, 1.165) is 5.33 Å². The van der Waals surface area contributed by atoms with Crippen molar-refractivity contribution in [2.75, 3.05) is 5.33 Å². The Morgan fingerprint density at radius 1 is 1.40 bits per heavy atom. The standard InChI is InChI=1S/C12H17Br.C2H6/c1-3-5-6-11(4-2)9-12(10-13)7-8-12;1-2/h3-6H,2,7-10H2,1H3;1-2H3/b5-3-,11-6+;. The van der Waals surface area contributed by atoms with Crippen molar-refractivity contribution < 1.29 is 0 Å². The average Bonchev–Trinajstić information content (AvgIpc) is 3.07. The smallest absolute Gasteiger partial charge is 0.00911 e. The molecular formula is C14H23Br. The summed E-state index contributed by atoms with van der Waals surface area (Å²) in [6, 6.07) is 0. The molecule has 1 heteroatoms. The van der Waals surface area contributed by atoms with Crippen molar-refractivity contribution in [1.29, 1.82) is 0 Å². The first-order chi connectivity index (χ1) is 7.26. The highest BCUT2D eigenvalue weighted by molar-refractivity contribution is 9.09. The van der Waals surface area contributed by atoms with Gasteiger partial charge < -0.3 is 0 Å². The Hall–Kier alpha value is -0.300. The number of hydrogen-bond donors (Lipinski definition) is 0. The third-order valence-electron chi connectivity index (χ3n) is 2.58. The van der Waals surface area contributed by atoms with Crippen molar-refractivity contribution in [2.24, 2.45) is 5.41 Å².